The summed E-state index contributed by atoms with van der Waals surface area (Å²) < 4.78 is 10.4. The van der Waals surface area contributed by atoms with Crippen LogP contribution in [0.3, 0.4) is 0 Å². The van der Waals surface area contributed by atoms with E-state index in [1.165, 1.54) is 0 Å². The molecule has 0 saturated carbocycles. The summed E-state index contributed by atoms with van der Waals surface area (Å²) in [5.74, 6) is 1.28. The molecule has 3 rings (SSSR count). The Hall–Kier alpha value is -2.38. The summed E-state index contributed by atoms with van der Waals surface area (Å²) in [4.78, 5) is 24.9. The number of aromatic amines is 1. The van der Waals surface area contributed by atoms with Gasteiger partial charge in [0.1, 0.15) is 0 Å². The van der Waals surface area contributed by atoms with Gasteiger partial charge in [-0.2, -0.15) is 4.98 Å². The van der Waals surface area contributed by atoms with Crippen molar-refractivity contribution in [1.82, 2.24) is 25.0 Å². The second-order valence-electron chi connectivity index (χ2n) is 5.29. The molecule has 1 N–H and O–H groups in total. The zero-order valence-corrected chi connectivity index (χ0v) is 12.5. The molecular weight excluding hydrogens is 286 g/mol. The van der Waals surface area contributed by atoms with Crippen LogP contribution in [-0.2, 0) is 11.2 Å². The van der Waals surface area contributed by atoms with Crippen LogP contribution in [-0.4, -0.2) is 50.8 Å². The number of hydrogen-bond donors (Lipinski definition) is 1. The van der Waals surface area contributed by atoms with Crippen molar-refractivity contribution >= 4 is 6.09 Å². The van der Waals surface area contributed by atoms with Crippen molar-refractivity contribution in [3.05, 3.63) is 29.9 Å². The van der Waals surface area contributed by atoms with Crippen LogP contribution in [0.5, 0.6) is 0 Å². The van der Waals surface area contributed by atoms with Gasteiger partial charge in [0.15, 0.2) is 5.82 Å². The summed E-state index contributed by atoms with van der Waals surface area (Å²) >= 11 is 0. The number of nitrogens with one attached hydrogen (secondary N) is 1. The largest absolute Gasteiger partial charge is 0.450 e. The molecule has 1 atom stereocenters. The quantitative estimate of drug-likeness (QED) is 0.923. The van der Waals surface area contributed by atoms with Crippen LogP contribution >= 0.6 is 0 Å². The molecule has 1 amide bonds. The molecule has 1 saturated heterocycles. The first kappa shape index (κ1) is 14.6. The van der Waals surface area contributed by atoms with Gasteiger partial charge in [-0.3, -0.25) is 0 Å². The summed E-state index contributed by atoms with van der Waals surface area (Å²) in [6.07, 6.45) is 5.47. The van der Waals surface area contributed by atoms with Gasteiger partial charge >= 0.3 is 6.09 Å². The van der Waals surface area contributed by atoms with Gasteiger partial charge in [0.2, 0.25) is 5.89 Å². The Kier molecular flexibility index (Phi) is 4.36. The second kappa shape index (κ2) is 6.59. The van der Waals surface area contributed by atoms with Gasteiger partial charge in [0.05, 0.1) is 25.3 Å². The maximum Gasteiger partial charge on any atom is 0.409 e. The molecule has 1 unspecified atom stereocenters. The van der Waals surface area contributed by atoms with E-state index in [9.17, 15) is 4.79 Å². The first-order valence-corrected chi connectivity index (χ1v) is 7.47. The standard InChI is InChI=1S/C14H19N5O3/c1-2-21-14(20)19-5-3-4-10(8-19)13-17-12(18-22-13)6-11-7-15-9-16-11/h7,9-10H,2-6,8H2,1H3,(H,15,16). The number of aromatic nitrogens is 4. The minimum Gasteiger partial charge on any atom is -0.450 e. The molecule has 0 radical (unpaired) electrons. The Morgan fingerprint density at radius 2 is 2.50 bits per heavy atom. The molecule has 2 aromatic rings. The number of imidazole rings is 1. The Morgan fingerprint density at radius 3 is 3.27 bits per heavy atom. The summed E-state index contributed by atoms with van der Waals surface area (Å²) in [6.45, 7) is 3.46. The van der Waals surface area contributed by atoms with E-state index in [4.69, 9.17) is 9.26 Å². The summed E-state index contributed by atoms with van der Waals surface area (Å²) in [5.41, 5.74) is 0.934. The Bertz CT molecular complexity index is 610. The molecule has 3 heterocycles. The van der Waals surface area contributed by atoms with Crippen LogP contribution < -0.4 is 0 Å². The van der Waals surface area contributed by atoms with Crippen molar-refractivity contribution < 1.29 is 14.1 Å². The van der Waals surface area contributed by atoms with E-state index in [2.05, 4.69) is 20.1 Å². The van der Waals surface area contributed by atoms with E-state index in [-0.39, 0.29) is 12.0 Å². The lowest BCUT2D eigenvalue weighted by atomic mass is 9.98. The summed E-state index contributed by atoms with van der Waals surface area (Å²) in [5, 5.41) is 4.00. The third-order valence-electron chi connectivity index (χ3n) is 3.68. The number of carbonyl (C=O) groups excluding carboxylic acids is 1. The van der Waals surface area contributed by atoms with Crippen LogP contribution in [0.4, 0.5) is 4.79 Å². The van der Waals surface area contributed by atoms with Crippen molar-refractivity contribution in [2.24, 2.45) is 0 Å². The topological polar surface area (TPSA) is 97.1 Å². The van der Waals surface area contributed by atoms with E-state index in [1.54, 1.807) is 24.3 Å². The molecule has 2 aromatic heterocycles. The third kappa shape index (κ3) is 3.26. The first-order valence-electron chi connectivity index (χ1n) is 7.47. The van der Waals surface area contributed by atoms with Crippen molar-refractivity contribution in [3.63, 3.8) is 0 Å². The number of carbonyl (C=O) groups is 1. The van der Waals surface area contributed by atoms with E-state index < -0.39 is 0 Å². The number of likely N-dealkylation sites (tertiary alicyclic amines) is 1. The number of nitrogens with zero attached hydrogens (tertiary/aromatic N) is 4. The van der Waals surface area contributed by atoms with Crippen molar-refractivity contribution in [3.8, 4) is 0 Å². The van der Waals surface area contributed by atoms with Gasteiger partial charge in [0, 0.05) is 25.0 Å². The molecular formula is C14H19N5O3. The molecule has 22 heavy (non-hydrogen) atoms. The molecule has 1 aliphatic rings. The lowest BCUT2D eigenvalue weighted by molar-refractivity contribution is 0.0930. The minimum absolute atomic E-state index is 0.0705. The highest BCUT2D eigenvalue weighted by molar-refractivity contribution is 5.67. The van der Waals surface area contributed by atoms with Crippen molar-refractivity contribution in [2.45, 2.75) is 32.1 Å². The lowest BCUT2D eigenvalue weighted by Crippen LogP contribution is -2.39. The van der Waals surface area contributed by atoms with Crippen LogP contribution in [0, 0.1) is 0 Å². The van der Waals surface area contributed by atoms with Gasteiger partial charge < -0.3 is 19.1 Å². The Labute approximate surface area is 127 Å². The SMILES string of the molecule is CCOC(=O)N1CCCC(c2nc(Cc3cnc[nH]3)no2)C1. The Balaban J connectivity index is 1.63. The number of H-pyrrole nitrogens is 1. The molecule has 8 heteroatoms. The van der Waals surface area contributed by atoms with E-state index in [0.717, 1.165) is 18.5 Å². The van der Waals surface area contributed by atoms with E-state index >= 15 is 0 Å². The first-order chi connectivity index (χ1) is 10.8. The molecule has 0 aromatic carbocycles. The Morgan fingerprint density at radius 1 is 1.59 bits per heavy atom. The van der Waals surface area contributed by atoms with Crippen LogP contribution in [0.1, 0.15) is 43.1 Å². The van der Waals surface area contributed by atoms with Crippen LogP contribution in [0.25, 0.3) is 0 Å². The highest BCUT2D eigenvalue weighted by atomic mass is 16.6. The number of ether oxygens (including phenoxy) is 1. The molecule has 0 bridgehead atoms. The summed E-state index contributed by atoms with van der Waals surface area (Å²) in [6, 6.07) is 0. The highest BCUT2D eigenvalue weighted by Crippen LogP contribution is 2.26. The maximum absolute atomic E-state index is 11.8. The molecule has 118 valence electrons. The number of rotatable bonds is 4. The predicted octanol–water partition coefficient (Wildman–Crippen LogP) is 1.72. The third-order valence-corrected chi connectivity index (χ3v) is 3.68. The van der Waals surface area contributed by atoms with Gasteiger partial charge in [-0.1, -0.05) is 5.16 Å². The van der Waals surface area contributed by atoms with E-state index in [0.29, 0.717) is 37.8 Å². The predicted molar refractivity (Wildman–Crippen MR) is 76.3 cm³/mol. The van der Waals surface area contributed by atoms with Gasteiger partial charge in [-0.25, -0.2) is 9.78 Å². The average molecular weight is 305 g/mol. The summed E-state index contributed by atoms with van der Waals surface area (Å²) in [7, 11) is 0. The second-order valence-corrected chi connectivity index (χ2v) is 5.29. The molecule has 0 spiro atoms. The van der Waals surface area contributed by atoms with Gasteiger partial charge in [-0.15, -0.1) is 0 Å². The van der Waals surface area contributed by atoms with Gasteiger partial charge in [0.25, 0.3) is 0 Å². The van der Waals surface area contributed by atoms with Gasteiger partial charge in [-0.05, 0) is 19.8 Å². The fourth-order valence-corrected chi connectivity index (χ4v) is 2.62. The number of piperidine rings is 1. The zero-order chi connectivity index (χ0) is 15.4. The smallest absolute Gasteiger partial charge is 0.409 e. The molecule has 0 aliphatic carbocycles. The monoisotopic (exact) mass is 305 g/mol. The fraction of sp³-hybridized carbons (Fsp3) is 0.571. The zero-order valence-electron chi connectivity index (χ0n) is 12.5. The van der Waals surface area contributed by atoms with E-state index in [1.807, 2.05) is 0 Å². The fourth-order valence-electron chi connectivity index (χ4n) is 2.62. The molecule has 1 aliphatic heterocycles. The normalized spacial score (nSPS) is 18.4. The van der Waals surface area contributed by atoms with Crippen molar-refractivity contribution in [1.29, 1.82) is 0 Å². The number of amides is 1. The highest BCUT2D eigenvalue weighted by Gasteiger charge is 2.29. The average Bonchev–Trinajstić information content (AvgIpc) is 3.20. The van der Waals surface area contributed by atoms with Crippen LogP contribution in [0.15, 0.2) is 17.0 Å². The number of hydrogen-bond acceptors (Lipinski definition) is 6. The minimum atomic E-state index is -0.274. The molecule has 1 fully saturated rings. The maximum atomic E-state index is 11.8. The van der Waals surface area contributed by atoms with Crippen molar-refractivity contribution in [2.75, 3.05) is 19.7 Å². The van der Waals surface area contributed by atoms with Crippen LogP contribution in [0.2, 0.25) is 0 Å². The lowest BCUT2D eigenvalue weighted by Gasteiger charge is -2.30. The molecule has 8 nitrogen and oxygen atoms in total.